The summed E-state index contributed by atoms with van der Waals surface area (Å²) in [6, 6.07) is 0.556. The number of halogens is 1. The Morgan fingerprint density at radius 2 is 2.00 bits per heavy atom. The van der Waals surface area contributed by atoms with Crippen molar-refractivity contribution in [3.8, 4) is 0 Å². The first-order valence-electron chi connectivity index (χ1n) is 10.1. The van der Waals surface area contributed by atoms with Gasteiger partial charge in [-0.25, -0.2) is 4.99 Å². The lowest BCUT2D eigenvalue weighted by atomic mass is 10.1. The summed E-state index contributed by atoms with van der Waals surface area (Å²) >= 11 is 0. The first-order valence-corrected chi connectivity index (χ1v) is 10.1. The lowest BCUT2D eigenvalue weighted by molar-refractivity contribution is 0.0154. The molecule has 0 saturated carbocycles. The Balaban J connectivity index is 0.00000280. The summed E-state index contributed by atoms with van der Waals surface area (Å²) in [5.41, 5.74) is 0. The van der Waals surface area contributed by atoms with Gasteiger partial charge in [0.05, 0.1) is 0 Å². The molecule has 0 aliphatic carbocycles. The van der Waals surface area contributed by atoms with E-state index >= 15 is 0 Å². The number of piperazine rings is 3. The summed E-state index contributed by atoms with van der Waals surface area (Å²) in [4.78, 5) is 9.88. The number of rotatable bonds is 9. The molecule has 3 aliphatic heterocycles. The molecule has 1 aromatic heterocycles. The molecule has 1 unspecified atom stereocenters. The molecular formula is C18H35IN8O. The zero-order chi connectivity index (χ0) is 19.1. The largest absolute Gasteiger partial charge is 0.382 e. The molecular weight excluding hydrogens is 471 g/mol. The van der Waals surface area contributed by atoms with Gasteiger partial charge < -0.3 is 19.9 Å². The average molecular weight is 506 g/mol. The van der Waals surface area contributed by atoms with Gasteiger partial charge in [0.25, 0.3) is 0 Å². The maximum atomic E-state index is 5.42. The van der Waals surface area contributed by atoms with Crippen LogP contribution in [0.25, 0.3) is 0 Å². The fourth-order valence-corrected chi connectivity index (χ4v) is 3.57. The van der Waals surface area contributed by atoms with Gasteiger partial charge in [-0.2, -0.15) is 0 Å². The van der Waals surface area contributed by atoms with Crippen molar-refractivity contribution in [3.63, 3.8) is 0 Å². The Hall–Kier alpha value is -0.980. The fourth-order valence-electron chi connectivity index (χ4n) is 3.57. The summed E-state index contributed by atoms with van der Waals surface area (Å²) < 4.78 is 7.40. The SMILES string of the molecule is CCOCCCNC(=NCc1nnc(C)n1C)NCC1CN2CCN1CC2.I. The monoisotopic (exact) mass is 506 g/mol. The van der Waals surface area contributed by atoms with Crippen LogP contribution in [-0.2, 0) is 18.3 Å². The van der Waals surface area contributed by atoms with Crippen molar-refractivity contribution in [2.75, 3.05) is 59.0 Å². The summed E-state index contributed by atoms with van der Waals surface area (Å²) in [6.07, 6.45) is 0.959. The molecule has 2 N–H and O–H groups in total. The Labute approximate surface area is 185 Å². The molecule has 3 fully saturated rings. The highest BCUT2D eigenvalue weighted by Gasteiger charge is 2.31. The number of nitrogens with one attached hydrogen (secondary N) is 2. The molecule has 0 aromatic carbocycles. The summed E-state index contributed by atoms with van der Waals surface area (Å²) in [5, 5.41) is 15.3. The molecule has 10 heteroatoms. The van der Waals surface area contributed by atoms with Gasteiger partial charge in [-0.1, -0.05) is 0 Å². The molecule has 0 amide bonds. The summed E-state index contributed by atoms with van der Waals surface area (Å²) in [7, 11) is 1.98. The van der Waals surface area contributed by atoms with E-state index in [9.17, 15) is 0 Å². The first kappa shape index (κ1) is 23.3. The number of aromatic nitrogens is 3. The van der Waals surface area contributed by atoms with Crippen LogP contribution >= 0.6 is 24.0 Å². The number of aryl methyl sites for hydroxylation is 1. The Kier molecular flexibility index (Phi) is 9.89. The van der Waals surface area contributed by atoms with Gasteiger partial charge in [0, 0.05) is 72.1 Å². The topological polar surface area (TPSA) is 82.8 Å². The van der Waals surface area contributed by atoms with Gasteiger partial charge in [-0.15, -0.1) is 34.2 Å². The van der Waals surface area contributed by atoms with Gasteiger partial charge in [0.1, 0.15) is 12.4 Å². The molecule has 0 radical (unpaired) electrons. The maximum Gasteiger partial charge on any atom is 0.191 e. The van der Waals surface area contributed by atoms with Crippen molar-refractivity contribution in [1.29, 1.82) is 0 Å². The number of fused-ring (bicyclic) bond motifs is 3. The minimum absolute atomic E-state index is 0. The zero-order valence-corrected chi connectivity index (χ0v) is 19.7. The number of ether oxygens (including phenoxy) is 1. The maximum absolute atomic E-state index is 5.42. The lowest BCUT2D eigenvalue weighted by Gasteiger charge is -2.47. The number of nitrogens with zero attached hydrogens (tertiary/aromatic N) is 6. The molecule has 28 heavy (non-hydrogen) atoms. The van der Waals surface area contributed by atoms with E-state index in [2.05, 4.69) is 30.6 Å². The van der Waals surface area contributed by atoms with Crippen molar-refractivity contribution in [2.24, 2.45) is 12.0 Å². The highest BCUT2D eigenvalue weighted by molar-refractivity contribution is 14.0. The van der Waals surface area contributed by atoms with Crippen LogP contribution in [0.2, 0.25) is 0 Å². The average Bonchev–Trinajstić information content (AvgIpc) is 3.02. The second-order valence-corrected chi connectivity index (χ2v) is 7.24. The van der Waals surface area contributed by atoms with Gasteiger partial charge in [0.15, 0.2) is 11.8 Å². The van der Waals surface area contributed by atoms with Crippen molar-refractivity contribution < 1.29 is 4.74 Å². The van der Waals surface area contributed by atoms with E-state index in [1.165, 1.54) is 26.2 Å². The van der Waals surface area contributed by atoms with E-state index < -0.39 is 0 Å². The Morgan fingerprint density at radius 3 is 2.61 bits per heavy atom. The zero-order valence-electron chi connectivity index (χ0n) is 17.4. The van der Waals surface area contributed by atoms with Crippen molar-refractivity contribution in [2.45, 2.75) is 32.9 Å². The molecule has 4 heterocycles. The summed E-state index contributed by atoms with van der Waals surface area (Å²) in [6.45, 7) is 13.7. The molecule has 1 atom stereocenters. The Bertz CT molecular complexity index is 615. The van der Waals surface area contributed by atoms with Crippen LogP contribution in [0.3, 0.4) is 0 Å². The number of hydrogen-bond acceptors (Lipinski definition) is 6. The molecule has 160 valence electrons. The van der Waals surface area contributed by atoms with Crippen LogP contribution in [0.5, 0.6) is 0 Å². The first-order chi connectivity index (χ1) is 13.2. The molecule has 9 nitrogen and oxygen atoms in total. The van der Waals surface area contributed by atoms with Crippen LogP contribution in [0.15, 0.2) is 4.99 Å². The van der Waals surface area contributed by atoms with Crippen molar-refractivity contribution in [3.05, 3.63) is 11.6 Å². The lowest BCUT2D eigenvalue weighted by Crippen LogP contribution is -2.63. The van der Waals surface area contributed by atoms with Crippen LogP contribution in [0, 0.1) is 6.92 Å². The smallest absolute Gasteiger partial charge is 0.191 e. The second kappa shape index (κ2) is 11.9. The van der Waals surface area contributed by atoms with Gasteiger partial charge in [0.2, 0.25) is 0 Å². The summed E-state index contributed by atoms with van der Waals surface area (Å²) in [5.74, 6) is 2.61. The van der Waals surface area contributed by atoms with E-state index in [4.69, 9.17) is 9.73 Å². The highest BCUT2D eigenvalue weighted by Crippen LogP contribution is 2.14. The fraction of sp³-hybridized carbons (Fsp3) is 0.833. The van der Waals surface area contributed by atoms with E-state index in [-0.39, 0.29) is 24.0 Å². The van der Waals surface area contributed by atoms with Crippen LogP contribution in [0.1, 0.15) is 25.0 Å². The molecule has 3 saturated heterocycles. The van der Waals surface area contributed by atoms with E-state index in [1.54, 1.807) is 0 Å². The quantitative estimate of drug-likeness (QED) is 0.214. The normalized spacial score (nSPS) is 24.1. The number of aliphatic imine (C=N–C) groups is 1. The van der Waals surface area contributed by atoms with E-state index in [1.807, 2.05) is 25.5 Å². The molecule has 2 bridgehead atoms. The van der Waals surface area contributed by atoms with Crippen LogP contribution in [0.4, 0.5) is 0 Å². The second-order valence-electron chi connectivity index (χ2n) is 7.24. The Morgan fingerprint density at radius 1 is 1.21 bits per heavy atom. The number of guanidine groups is 1. The van der Waals surface area contributed by atoms with Crippen molar-refractivity contribution in [1.82, 2.24) is 35.2 Å². The molecule has 3 aliphatic rings. The highest BCUT2D eigenvalue weighted by atomic mass is 127. The van der Waals surface area contributed by atoms with Gasteiger partial charge in [-0.3, -0.25) is 9.80 Å². The molecule has 0 spiro atoms. The van der Waals surface area contributed by atoms with Gasteiger partial charge >= 0.3 is 0 Å². The predicted octanol–water partition coefficient (Wildman–Crippen LogP) is 0.203. The third-order valence-corrected chi connectivity index (χ3v) is 5.42. The van der Waals surface area contributed by atoms with E-state index in [0.29, 0.717) is 12.6 Å². The van der Waals surface area contributed by atoms with Gasteiger partial charge in [-0.05, 0) is 20.3 Å². The van der Waals surface area contributed by atoms with Crippen LogP contribution in [-0.4, -0.2) is 95.6 Å². The standard InChI is InChI=1S/C18H34N8O.HI/c1-4-27-11-5-6-19-18(21-13-17-23-22-15(2)24(17)3)20-12-16-14-25-7-9-26(16)10-8-25;/h16H,4-14H2,1-3H3,(H2,19,20,21);1H. The predicted molar refractivity (Wildman–Crippen MR) is 121 cm³/mol. The minimum Gasteiger partial charge on any atom is -0.382 e. The minimum atomic E-state index is 0. The number of hydrogen-bond donors (Lipinski definition) is 2. The molecule has 1 aromatic rings. The van der Waals surface area contributed by atoms with E-state index in [0.717, 1.165) is 56.9 Å². The van der Waals surface area contributed by atoms with Crippen molar-refractivity contribution >= 4 is 29.9 Å². The molecule has 4 rings (SSSR count). The van der Waals surface area contributed by atoms with Crippen LogP contribution < -0.4 is 10.6 Å². The third-order valence-electron chi connectivity index (χ3n) is 5.42. The third kappa shape index (κ3) is 6.53.